The van der Waals surface area contributed by atoms with Crippen molar-refractivity contribution in [2.24, 2.45) is 23.3 Å². The maximum Gasteiger partial charge on any atom is 0.329 e. The molecule has 0 saturated heterocycles. The predicted octanol–water partition coefficient (Wildman–Crippen LogP) is 2.87. The summed E-state index contributed by atoms with van der Waals surface area (Å²) >= 11 is 0. The van der Waals surface area contributed by atoms with Crippen LogP contribution in [0.4, 0.5) is 45.5 Å². The Kier molecular flexibility index (Phi) is 14.7. The van der Waals surface area contributed by atoms with E-state index in [0.717, 1.165) is 12.1 Å². The van der Waals surface area contributed by atoms with Gasteiger partial charge in [-0.3, -0.25) is 50.0 Å². The number of nitro benzene ring substituents is 4. The van der Waals surface area contributed by atoms with Crippen molar-refractivity contribution in [2.45, 2.75) is 64.4 Å². The number of nitrogens with zero attached hydrogens (tertiary/aromatic N) is 4. The van der Waals surface area contributed by atoms with Crippen LogP contribution in [-0.4, -0.2) is 82.9 Å². The van der Waals surface area contributed by atoms with Crippen LogP contribution in [0.1, 0.15) is 44.9 Å². The minimum absolute atomic E-state index is 0.129. The Labute approximate surface area is 332 Å². The third-order valence-corrected chi connectivity index (χ3v) is 8.86. The van der Waals surface area contributed by atoms with Gasteiger partial charge in [0.1, 0.15) is 47.0 Å². The summed E-state index contributed by atoms with van der Waals surface area (Å²) in [5.74, 6) is -6.10. The number of carboxylic acid groups (broad SMARTS) is 2. The van der Waals surface area contributed by atoms with Gasteiger partial charge in [-0.05, 0) is 23.0 Å². The van der Waals surface area contributed by atoms with E-state index in [4.69, 9.17) is 11.5 Å². The SMILES string of the molecule is CC(C)[C@H](Nc1cc([N+](=O)[O-])c(N[C@@H](Cc2ccc([C@H](O)[C@H](Nc3cc([N+](=O)[O-])c(N[C@H](C(N)=O)C(C)C)cc3[N+](=O)[O-])C(=O)O)cc2)C(=O)O)cc1[N+](=O)[O-])C(N)=O. The second-order valence-corrected chi connectivity index (χ2v) is 13.7. The van der Waals surface area contributed by atoms with Crippen LogP contribution < -0.4 is 32.7 Å². The van der Waals surface area contributed by atoms with Gasteiger partial charge < -0.3 is 48.1 Å². The molecule has 0 aliphatic heterocycles. The van der Waals surface area contributed by atoms with Gasteiger partial charge in [-0.1, -0.05) is 52.0 Å². The second-order valence-electron chi connectivity index (χ2n) is 13.7. The molecule has 2 amide bonds. The van der Waals surface area contributed by atoms with E-state index < -0.39 is 137 Å². The zero-order valence-corrected chi connectivity index (χ0v) is 31.6. The van der Waals surface area contributed by atoms with E-state index in [-0.39, 0.29) is 11.1 Å². The lowest BCUT2D eigenvalue weighted by molar-refractivity contribution is -0.387. The first kappa shape index (κ1) is 45.7. The number of aliphatic hydroxyl groups excluding tert-OH is 1. The van der Waals surface area contributed by atoms with Crippen molar-refractivity contribution >= 4 is 69.3 Å². The Morgan fingerprint density at radius 3 is 1.17 bits per heavy atom. The molecule has 0 fully saturated rings. The molecule has 0 bridgehead atoms. The van der Waals surface area contributed by atoms with E-state index in [1.54, 1.807) is 27.7 Å². The number of amides is 2. The number of carboxylic acids is 2. The maximum absolute atomic E-state index is 12.3. The third-order valence-electron chi connectivity index (χ3n) is 8.86. The van der Waals surface area contributed by atoms with Gasteiger partial charge in [-0.2, -0.15) is 0 Å². The average Bonchev–Trinajstić information content (AvgIpc) is 3.13. The zero-order chi connectivity index (χ0) is 44.6. The number of nitrogens with two attached hydrogens (primary N) is 2. The summed E-state index contributed by atoms with van der Waals surface area (Å²) in [5, 5.41) is 88.7. The smallest absolute Gasteiger partial charge is 0.329 e. The molecule has 0 aromatic heterocycles. The number of primary amides is 2. The number of carbonyl (C=O) groups is 4. The fraction of sp³-hybridized carbons (Fsp3) is 0.353. The highest BCUT2D eigenvalue weighted by Gasteiger charge is 2.35. The second kappa shape index (κ2) is 19.0. The molecular formula is C34H40N10O15. The molecule has 11 N–H and O–H groups in total. The molecule has 3 aromatic carbocycles. The molecule has 3 aromatic rings. The molecule has 0 aliphatic rings. The van der Waals surface area contributed by atoms with Gasteiger partial charge in [0.15, 0.2) is 6.04 Å². The fourth-order valence-electron chi connectivity index (χ4n) is 5.80. The summed E-state index contributed by atoms with van der Waals surface area (Å²) in [5.41, 5.74) is 5.47. The minimum Gasteiger partial charge on any atom is -0.480 e. The highest BCUT2D eigenvalue weighted by atomic mass is 16.6. The lowest BCUT2D eigenvalue weighted by Crippen LogP contribution is -2.39. The van der Waals surface area contributed by atoms with Gasteiger partial charge in [0, 0.05) is 30.7 Å². The number of carbonyl (C=O) groups excluding carboxylic acids is 2. The average molecular weight is 829 g/mol. The Morgan fingerprint density at radius 1 is 0.576 bits per heavy atom. The molecule has 25 heteroatoms. The normalized spacial score (nSPS) is 13.6. The number of rotatable bonds is 22. The van der Waals surface area contributed by atoms with Gasteiger partial charge in [-0.15, -0.1) is 0 Å². The van der Waals surface area contributed by atoms with Gasteiger partial charge >= 0.3 is 11.9 Å². The van der Waals surface area contributed by atoms with Crippen molar-refractivity contribution < 1.29 is 54.2 Å². The van der Waals surface area contributed by atoms with Crippen LogP contribution in [-0.2, 0) is 25.6 Å². The number of nitrogens with one attached hydrogen (secondary N) is 4. The van der Waals surface area contributed by atoms with Crippen molar-refractivity contribution in [3.8, 4) is 0 Å². The Hall–Kier alpha value is -7.70. The highest BCUT2D eigenvalue weighted by Crippen LogP contribution is 2.39. The molecular weight excluding hydrogens is 788 g/mol. The fourth-order valence-corrected chi connectivity index (χ4v) is 5.80. The summed E-state index contributed by atoms with van der Waals surface area (Å²) in [6, 6.07) is 1.60. The van der Waals surface area contributed by atoms with Gasteiger partial charge in [0.05, 0.1) is 19.7 Å². The number of anilines is 4. The molecule has 0 heterocycles. The summed E-state index contributed by atoms with van der Waals surface area (Å²) < 4.78 is 0. The molecule has 0 unspecified atom stereocenters. The quantitative estimate of drug-likeness (QED) is 0.0519. The van der Waals surface area contributed by atoms with E-state index >= 15 is 0 Å². The number of benzene rings is 3. The zero-order valence-electron chi connectivity index (χ0n) is 31.6. The van der Waals surface area contributed by atoms with Gasteiger partial charge in [0.2, 0.25) is 11.8 Å². The first-order chi connectivity index (χ1) is 27.4. The maximum atomic E-state index is 12.3. The first-order valence-electron chi connectivity index (χ1n) is 17.3. The van der Waals surface area contributed by atoms with Gasteiger partial charge in [-0.25, -0.2) is 9.59 Å². The van der Waals surface area contributed by atoms with E-state index in [1.165, 1.54) is 24.3 Å². The molecule has 3 rings (SSSR count). The minimum atomic E-state index is -2.08. The van der Waals surface area contributed by atoms with Crippen molar-refractivity contribution in [2.75, 3.05) is 21.3 Å². The van der Waals surface area contributed by atoms with Crippen molar-refractivity contribution in [1.29, 1.82) is 0 Å². The van der Waals surface area contributed by atoms with Crippen LogP contribution in [0.5, 0.6) is 0 Å². The molecule has 5 atom stereocenters. The van der Waals surface area contributed by atoms with Crippen LogP contribution in [0.3, 0.4) is 0 Å². The molecule has 59 heavy (non-hydrogen) atoms. The van der Waals surface area contributed by atoms with Crippen LogP contribution in [0.25, 0.3) is 0 Å². The Balaban J connectivity index is 1.95. The number of aliphatic hydroxyl groups is 1. The Bertz CT molecular complexity index is 2160. The third kappa shape index (κ3) is 11.2. The number of hydrogen-bond donors (Lipinski definition) is 9. The summed E-state index contributed by atoms with van der Waals surface area (Å²) in [6.07, 6.45) is -2.43. The molecule has 0 spiro atoms. The van der Waals surface area contributed by atoms with Crippen molar-refractivity contribution in [3.63, 3.8) is 0 Å². The van der Waals surface area contributed by atoms with Crippen molar-refractivity contribution in [1.82, 2.24) is 0 Å². The molecule has 0 aliphatic carbocycles. The largest absolute Gasteiger partial charge is 0.480 e. The summed E-state index contributed by atoms with van der Waals surface area (Å²) in [4.78, 5) is 92.6. The molecule has 25 nitrogen and oxygen atoms in total. The topological polar surface area (TPSA) is 402 Å². The van der Waals surface area contributed by atoms with E-state index in [2.05, 4.69) is 21.3 Å². The van der Waals surface area contributed by atoms with E-state index in [1.807, 2.05) is 0 Å². The van der Waals surface area contributed by atoms with Crippen molar-refractivity contribution in [3.05, 3.63) is 100 Å². The first-order valence-corrected chi connectivity index (χ1v) is 17.3. The highest BCUT2D eigenvalue weighted by molar-refractivity contribution is 5.88. The van der Waals surface area contributed by atoms with Crippen LogP contribution in [0.15, 0.2) is 48.5 Å². The molecule has 0 saturated carbocycles. The lowest BCUT2D eigenvalue weighted by atomic mass is 9.98. The number of aliphatic carboxylic acids is 2. The monoisotopic (exact) mass is 828 g/mol. The standard InChI is InChI=1S/C34H40N10O15/c1-14(2)27(31(35)46)38-19-11-23(41(52)53)18(10-24(19)42(54)55)37-22(33(48)49)9-16-5-7-17(8-6-16)30(45)29(34(50)51)40-21-13-25(43(56)57)20(12-26(21)44(58)59)39-28(15(3)4)32(36)47/h5-8,10-15,22,27-30,37-40,45H,9H2,1-4H3,(H2,35,46)(H2,36,47)(H,48,49)(H,50,51)/t22-,27-,28-,29-,30-/m0/s1. The van der Waals surface area contributed by atoms with Crippen LogP contribution in [0, 0.1) is 52.3 Å². The number of nitro groups is 4. The molecule has 0 radical (unpaired) electrons. The van der Waals surface area contributed by atoms with E-state index in [9.17, 15) is 75.0 Å². The van der Waals surface area contributed by atoms with E-state index in [0.29, 0.717) is 12.1 Å². The van der Waals surface area contributed by atoms with Gasteiger partial charge in [0.25, 0.3) is 22.7 Å². The Morgan fingerprint density at radius 2 is 0.898 bits per heavy atom. The number of hydrogen-bond acceptors (Lipinski definition) is 17. The van der Waals surface area contributed by atoms with Crippen LogP contribution in [0.2, 0.25) is 0 Å². The predicted molar refractivity (Wildman–Crippen MR) is 208 cm³/mol. The van der Waals surface area contributed by atoms with Crippen LogP contribution >= 0.6 is 0 Å². The molecule has 316 valence electrons. The summed E-state index contributed by atoms with van der Waals surface area (Å²) in [7, 11) is 0. The summed E-state index contributed by atoms with van der Waals surface area (Å²) in [6.45, 7) is 6.27. The lowest BCUT2D eigenvalue weighted by Gasteiger charge is -2.23.